The zero-order valence-corrected chi connectivity index (χ0v) is 10.8. The topological polar surface area (TPSA) is 37.3 Å². The van der Waals surface area contributed by atoms with Crippen LogP contribution in [0.5, 0.6) is 0 Å². The van der Waals surface area contributed by atoms with E-state index in [0.29, 0.717) is 6.92 Å². The highest BCUT2D eigenvalue weighted by atomic mass is 19.4. The molecule has 0 aliphatic carbocycles. The van der Waals surface area contributed by atoms with Gasteiger partial charge in [-0.15, -0.1) is 0 Å². The summed E-state index contributed by atoms with van der Waals surface area (Å²) in [6.45, 7) is 0.582. The lowest BCUT2D eigenvalue weighted by molar-refractivity contribution is -0.421. The third-order valence-corrected chi connectivity index (χ3v) is 2.61. The van der Waals surface area contributed by atoms with Gasteiger partial charge in [-0.25, -0.2) is 4.79 Å². The molecule has 0 aliphatic heterocycles. The van der Waals surface area contributed by atoms with Crippen LogP contribution in [0.2, 0.25) is 0 Å². The zero-order valence-electron chi connectivity index (χ0n) is 10.8. The SMILES string of the molecule is CC(=CCC(F)(F)C(F)(F)C(F)(F)C(F)(F)C(F)(F)F)C(=O)O. The number of allylic oxidation sites excluding steroid dienone is 1. The number of hydrogen-bond donors (Lipinski definition) is 1. The predicted octanol–water partition coefficient (Wildman–Crippen LogP) is 4.51. The molecule has 0 aromatic carbocycles. The van der Waals surface area contributed by atoms with Crippen molar-refractivity contribution in [2.75, 3.05) is 0 Å². The van der Waals surface area contributed by atoms with Crippen molar-refractivity contribution in [3.63, 3.8) is 0 Å². The Kier molecular flexibility index (Phi) is 5.42. The van der Waals surface area contributed by atoms with Gasteiger partial charge < -0.3 is 5.11 Å². The van der Waals surface area contributed by atoms with Gasteiger partial charge in [0.1, 0.15) is 0 Å². The van der Waals surface area contributed by atoms with Gasteiger partial charge in [0.25, 0.3) is 0 Å². The molecule has 2 nitrogen and oxygen atoms in total. The molecule has 0 unspecified atom stereocenters. The molecule has 0 aliphatic rings. The first-order valence-electron chi connectivity index (χ1n) is 5.31. The molecule has 23 heavy (non-hydrogen) atoms. The molecule has 0 amide bonds. The summed E-state index contributed by atoms with van der Waals surface area (Å²) in [6, 6.07) is 0. The summed E-state index contributed by atoms with van der Waals surface area (Å²) in [7, 11) is 0. The predicted molar refractivity (Wildman–Crippen MR) is 51.9 cm³/mol. The Labute approximate surface area is 120 Å². The summed E-state index contributed by atoms with van der Waals surface area (Å²) in [5.41, 5.74) is -1.04. The van der Waals surface area contributed by atoms with E-state index in [4.69, 9.17) is 5.11 Å². The molecule has 0 spiro atoms. The smallest absolute Gasteiger partial charge is 0.460 e. The summed E-state index contributed by atoms with van der Waals surface area (Å²) in [5, 5.41) is 8.26. The number of carboxylic acids is 1. The number of hydrogen-bond acceptors (Lipinski definition) is 1. The lowest BCUT2D eigenvalue weighted by atomic mass is 9.95. The number of rotatable bonds is 6. The monoisotopic (exact) mass is 368 g/mol. The largest absolute Gasteiger partial charge is 0.478 e. The van der Waals surface area contributed by atoms with Gasteiger partial charge in [-0.3, -0.25) is 0 Å². The Morgan fingerprint density at radius 1 is 0.826 bits per heavy atom. The van der Waals surface area contributed by atoms with Gasteiger partial charge >= 0.3 is 35.8 Å². The molecule has 0 bridgehead atoms. The number of carbonyl (C=O) groups is 1. The van der Waals surface area contributed by atoms with Crippen LogP contribution in [0.3, 0.4) is 0 Å². The fraction of sp³-hybridized carbons (Fsp3) is 0.700. The van der Waals surface area contributed by atoms with Gasteiger partial charge in [-0.2, -0.15) is 48.3 Å². The van der Waals surface area contributed by atoms with Crippen molar-refractivity contribution in [1.29, 1.82) is 0 Å². The normalized spacial score (nSPS) is 15.7. The molecule has 0 aromatic rings. The number of alkyl halides is 11. The second kappa shape index (κ2) is 5.82. The molecule has 0 saturated heterocycles. The molecule has 0 atom stereocenters. The van der Waals surface area contributed by atoms with Crippen LogP contribution in [0.4, 0.5) is 48.3 Å². The van der Waals surface area contributed by atoms with Crippen molar-refractivity contribution in [2.24, 2.45) is 0 Å². The molecule has 0 fully saturated rings. The van der Waals surface area contributed by atoms with Crippen LogP contribution in [0.15, 0.2) is 11.6 Å². The minimum Gasteiger partial charge on any atom is -0.478 e. The average molecular weight is 368 g/mol. The minimum absolute atomic E-state index is 0.210. The van der Waals surface area contributed by atoms with Crippen LogP contribution in [0, 0.1) is 0 Å². The third kappa shape index (κ3) is 3.52. The molecule has 136 valence electrons. The second-order valence-corrected chi connectivity index (χ2v) is 4.32. The summed E-state index contributed by atoms with van der Waals surface area (Å²) >= 11 is 0. The average Bonchev–Trinajstić information content (AvgIpc) is 2.33. The maximum absolute atomic E-state index is 13.1. The highest BCUT2D eigenvalue weighted by Gasteiger charge is 2.86. The molecule has 0 rings (SSSR count). The van der Waals surface area contributed by atoms with Crippen molar-refractivity contribution in [2.45, 2.75) is 43.2 Å². The van der Waals surface area contributed by atoms with E-state index in [1.807, 2.05) is 0 Å². The Morgan fingerprint density at radius 2 is 1.22 bits per heavy atom. The van der Waals surface area contributed by atoms with E-state index in [1.165, 1.54) is 0 Å². The summed E-state index contributed by atoms with van der Waals surface area (Å²) in [5.74, 6) is -30.0. The fourth-order valence-corrected chi connectivity index (χ4v) is 1.10. The van der Waals surface area contributed by atoms with Crippen molar-refractivity contribution in [3.05, 3.63) is 11.6 Å². The molecular formula is C10H7F11O2. The maximum Gasteiger partial charge on any atom is 0.460 e. The fourth-order valence-electron chi connectivity index (χ4n) is 1.10. The quantitative estimate of drug-likeness (QED) is 0.553. The number of carboxylic acid groups (broad SMARTS) is 1. The van der Waals surface area contributed by atoms with Gasteiger partial charge in [-0.05, 0) is 6.92 Å². The zero-order chi connectivity index (χ0) is 19.1. The van der Waals surface area contributed by atoms with E-state index >= 15 is 0 Å². The van der Waals surface area contributed by atoms with Crippen LogP contribution in [-0.2, 0) is 4.79 Å². The van der Waals surface area contributed by atoms with Crippen LogP contribution in [0.25, 0.3) is 0 Å². The Hall–Kier alpha value is -1.56. The van der Waals surface area contributed by atoms with Gasteiger partial charge in [0.05, 0.1) is 0 Å². The van der Waals surface area contributed by atoms with Gasteiger partial charge in [0.2, 0.25) is 0 Å². The van der Waals surface area contributed by atoms with E-state index in [1.54, 1.807) is 0 Å². The van der Waals surface area contributed by atoms with Gasteiger partial charge in [0.15, 0.2) is 0 Å². The number of halogens is 11. The Bertz CT molecular complexity index is 490. The van der Waals surface area contributed by atoms with E-state index in [9.17, 15) is 53.1 Å². The first-order valence-corrected chi connectivity index (χ1v) is 5.31. The van der Waals surface area contributed by atoms with E-state index in [-0.39, 0.29) is 6.08 Å². The van der Waals surface area contributed by atoms with Crippen molar-refractivity contribution >= 4 is 5.97 Å². The first-order chi connectivity index (χ1) is 9.83. The van der Waals surface area contributed by atoms with E-state index in [2.05, 4.69) is 0 Å². The van der Waals surface area contributed by atoms with Gasteiger partial charge in [-0.1, -0.05) is 6.08 Å². The van der Waals surface area contributed by atoms with Gasteiger partial charge in [0, 0.05) is 12.0 Å². The highest BCUT2D eigenvalue weighted by molar-refractivity contribution is 5.85. The maximum atomic E-state index is 13.1. The minimum atomic E-state index is -7.48. The molecule has 0 saturated carbocycles. The Morgan fingerprint density at radius 3 is 1.52 bits per heavy atom. The van der Waals surface area contributed by atoms with Crippen molar-refractivity contribution in [3.8, 4) is 0 Å². The molecule has 0 radical (unpaired) electrons. The Balaban J connectivity index is 5.85. The molecule has 13 heteroatoms. The lowest BCUT2D eigenvalue weighted by Crippen LogP contribution is -2.66. The van der Waals surface area contributed by atoms with Crippen molar-refractivity contribution < 1.29 is 58.2 Å². The number of aliphatic carboxylic acids is 1. The van der Waals surface area contributed by atoms with Crippen molar-refractivity contribution in [1.82, 2.24) is 0 Å². The molecular weight excluding hydrogens is 361 g/mol. The summed E-state index contributed by atoms with van der Waals surface area (Å²) < 4.78 is 138. The molecule has 1 N–H and O–H groups in total. The first kappa shape index (κ1) is 21.4. The van der Waals surface area contributed by atoms with E-state index in [0.717, 1.165) is 0 Å². The standard InChI is InChI=1S/C10H7F11O2/c1-4(5(22)23)2-3-6(11,12)7(13,14)8(15,16)9(17,18)10(19,20)21/h2H,3H2,1H3,(H,22,23). The molecule has 0 aromatic heterocycles. The third-order valence-electron chi connectivity index (χ3n) is 2.61. The van der Waals surface area contributed by atoms with Crippen LogP contribution in [-0.4, -0.2) is 40.9 Å². The van der Waals surface area contributed by atoms with E-state index < -0.39 is 47.8 Å². The van der Waals surface area contributed by atoms with Crippen LogP contribution < -0.4 is 0 Å². The summed E-state index contributed by atoms with van der Waals surface area (Å²) in [4.78, 5) is 10.2. The van der Waals surface area contributed by atoms with Crippen LogP contribution >= 0.6 is 0 Å². The van der Waals surface area contributed by atoms with Crippen LogP contribution in [0.1, 0.15) is 13.3 Å². The molecule has 0 heterocycles. The summed E-state index contributed by atoms with van der Waals surface area (Å²) in [6.07, 6.45) is -9.93. The lowest BCUT2D eigenvalue weighted by Gasteiger charge is -2.37. The highest BCUT2D eigenvalue weighted by Crippen LogP contribution is 2.57. The second-order valence-electron chi connectivity index (χ2n) is 4.32.